The molecule has 4 heteroatoms. The van der Waals surface area contributed by atoms with Crippen LogP contribution in [0.2, 0.25) is 0 Å². The summed E-state index contributed by atoms with van der Waals surface area (Å²) in [5.41, 5.74) is 0. The Labute approximate surface area is 110 Å². The second kappa shape index (κ2) is 7.74. The van der Waals surface area contributed by atoms with Gasteiger partial charge in [0.1, 0.15) is 0 Å². The fourth-order valence-corrected chi connectivity index (χ4v) is 2.96. The number of nitrogens with one attached hydrogen (secondary N) is 2. The largest absolute Gasteiger partial charge is 0.355 e. The van der Waals surface area contributed by atoms with Crippen molar-refractivity contribution in [1.29, 1.82) is 0 Å². The molecule has 18 heavy (non-hydrogen) atoms. The van der Waals surface area contributed by atoms with E-state index in [0.717, 1.165) is 52.1 Å². The highest BCUT2D eigenvalue weighted by atomic mass is 16.1. The normalized spacial score (nSPS) is 23.6. The van der Waals surface area contributed by atoms with Gasteiger partial charge in [-0.15, -0.1) is 0 Å². The summed E-state index contributed by atoms with van der Waals surface area (Å²) in [5.74, 6) is 0.586. The highest BCUT2D eigenvalue weighted by Crippen LogP contribution is 2.22. The van der Waals surface area contributed by atoms with Gasteiger partial charge in [0.25, 0.3) is 0 Å². The minimum absolute atomic E-state index is 0.288. The summed E-state index contributed by atoms with van der Waals surface area (Å²) in [6.07, 6.45) is 7.28. The maximum atomic E-state index is 12.1. The maximum absolute atomic E-state index is 12.1. The molecule has 4 nitrogen and oxygen atoms in total. The number of hydrogen-bond acceptors (Lipinski definition) is 3. The van der Waals surface area contributed by atoms with Gasteiger partial charge in [0.05, 0.1) is 0 Å². The van der Waals surface area contributed by atoms with Gasteiger partial charge >= 0.3 is 0 Å². The molecule has 1 heterocycles. The first-order chi connectivity index (χ1) is 8.86. The molecule has 0 bridgehead atoms. The molecule has 1 aliphatic heterocycles. The number of piperazine rings is 1. The van der Waals surface area contributed by atoms with Crippen LogP contribution in [0, 0.1) is 5.92 Å². The first-order valence-electron chi connectivity index (χ1n) is 7.57. The molecular weight excluding hydrogens is 226 g/mol. The van der Waals surface area contributed by atoms with Crippen LogP contribution in [0.3, 0.4) is 0 Å². The van der Waals surface area contributed by atoms with Crippen LogP contribution in [-0.4, -0.2) is 50.1 Å². The van der Waals surface area contributed by atoms with Gasteiger partial charge in [-0.25, -0.2) is 0 Å². The van der Waals surface area contributed by atoms with E-state index in [1.165, 1.54) is 25.7 Å². The Morgan fingerprint density at radius 1 is 1.11 bits per heavy atom. The number of amides is 1. The van der Waals surface area contributed by atoms with Gasteiger partial charge in [-0.05, 0) is 12.8 Å². The van der Waals surface area contributed by atoms with Crippen molar-refractivity contribution >= 4 is 5.91 Å². The minimum atomic E-state index is 0.288. The first kappa shape index (κ1) is 13.8. The first-order valence-corrected chi connectivity index (χ1v) is 7.57. The number of rotatable bonds is 4. The average Bonchev–Trinajstić information content (AvgIpc) is 2.69. The molecule has 0 aromatic carbocycles. The molecule has 0 spiro atoms. The van der Waals surface area contributed by atoms with Crippen LogP contribution in [0.4, 0.5) is 0 Å². The summed E-state index contributed by atoms with van der Waals surface area (Å²) in [4.78, 5) is 14.5. The predicted molar refractivity (Wildman–Crippen MR) is 73.5 cm³/mol. The van der Waals surface area contributed by atoms with E-state index in [1.54, 1.807) is 0 Å². The van der Waals surface area contributed by atoms with Crippen LogP contribution in [-0.2, 0) is 4.79 Å². The fourth-order valence-electron chi connectivity index (χ4n) is 2.96. The highest BCUT2D eigenvalue weighted by Gasteiger charge is 2.19. The molecule has 0 atom stereocenters. The Balaban J connectivity index is 1.61. The second-order valence-corrected chi connectivity index (χ2v) is 5.57. The summed E-state index contributed by atoms with van der Waals surface area (Å²) in [6.45, 7) is 6.20. The zero-order valence-corrected chi connectivity index (χ0v) is 11.4. The van der Waals surface area contributed by atoms with Crippen LogP contribution in [0.25, 0.3) is 0 Å². The Morgan fingerprint density at radius 2 is 1.78 bits per heavy atom. The molecule has 1 amide bonds. The van der Waals surface area contributed by atoms with Crippen LogP contribution in [0.1, 0.15) is 38.5 Å². The molecule has 1 saturated heterocycles. The fraction of sp³-hybridized carbons (Fsp3) is 0.929. The van der Waals surface area contributed by atoms with E-state index in [0.29, 0.717) is 5.91 Å². The lowest BCUT2D eigenvalue weighted by molar-refractivity contribution is -0.125. The number of carbonyl (C=O) groups excluding carboxylic acids is 1. The van der Waals surface area contributed by atoms with Gasteiger partial charge in [0.2, 0.25) is 5.91 Å². The molecule has 2 rings (SSSR count). The smallest absolute Gasteiger partial charge is 0.223 e. The number of nitrogens with zero attached hydrogens (tertiary/aromatic N) is 1. The summed E-state index contributed by atoms with van der Waals surface area (Å²) in [6, 6.07) is 0. The van der Waals surface area contributed by atoms with Gasteiger partial charge in [-0.1, -0.05) is 25.7 Å². The lowest BCUT2D eigenvalue weighted by atomic mass is 9.99. The molecule has 0 aromatic rings. The third-order valence-corrected chi connectivity index (χ3v) is 4.16. The van der Waals surface area contributed by atoms with Gasteiger partial charge in [-0.2, -0.15) is 0 Å². The van der Waals surface area contributed by atoms with E-state index in [4.69, 9.17) is 0 Å². The topological polar surface area (TPSA) is 44.4 Å². The molecule has 0 radical (unpaired) electrons. The van der Waals surface area contributed by atoms with Gasteiger partial charge < -0.3 is 10.6 Å². The number of hydrogen-bond donors (Lipinski definition) is 2. The van der Waals surface area contributed by atoms with Gasteiger partial charge in [0, 0.05) is 45.2 Å². The van der Waals surface area contributed by atoms with Crippen LogP contribution < -0.4 is 10.6 Å². The third-order valence-electron chi connectivity index (χ3n) is 4.16. The van der Waals surface area contributed by atoms with Gasteiger partial charge in [0.15, 0.2) is 0 Å². The zero-order chi connectivity index (χ0) is 12.6. The minimum Gasteiger partial charge on any atom is -0.355 e. The van der Waals surface area contributed by atoms with Crippen molar-refractivity contribution in [3.05, 3.63) is 0 Å². The third kappa shape index (κ3) is 4.58. The van der Waals surface area contributed by atoms with Crippen molar-refractivity contribution in [2.24, 2.45) is 5.92 Å². The Morgan fingerprint density at radius 3 is 2.44 bits per heavy atom. The van der Waals surface area contributed by atoms with Crippen molar-refractivity contribution in [3.63, 3.8) is 0 Å². The standard InChI is InChI=1S/C14H27N3O/c18-14(13-5-3-1-2-4-6-13)16-9-12-17-10-7-15-8-11-17/h13,15H,1-12H2,(H,16,18). The summed E-state index contributed by atoms with van der Waals surface area (Å²) < 4.78 is 0. The van der Waals surface area contributed by atoms with Crippen LogP contribution in [0.5, 0.6) is 0 Å². The van der Waals surface area contributed by atoms with Crippen LogP contribution in [0.15, 0.2) is 0 Å². The number of carbonyl (C=O) groups is 1. The van der Waals surface area contributed by atoms with Crippen molar-refractivity contribution in [2.75, 3.05) is 39.3 Å². The Bertz CT molecular complexity index is 243. The maximum Gasteiger partial charge on any atom is 0.223 e. The second-order valence-electron chi connectivity index (χ2n) is 5.57. The van der Waals surface area contributed by atoms with E-state index in [2.05, 4.69) is 15.5 Å². The molecule has 1 saturated carbocycles. The van der Waals surface area contributed by atoms with Crippen molar-refractivity contribution < 1.29 is 4.79 Å². The molecule has 2 N–H and O–H groups in total. The zero-order valence-electron chi connectivity index (χ0n) is 11.4. The quantitative estimate of drug-likeness (QED) is 0.734. The molecule has 104 valence electrons. The Hall–Kier alpha value is -0.610. The van der Waals surface area contributed by atoms with E-state index in [9.17, 15) is 4.79 Å². The lowest BCUT2D eigenvalue weighted by Crippen LogP contribution is -2.46. The van der Waals surface area contributed by atoms with Crippen molar-refractivity contribution in [2.45, 2.75) is 38.5 Å². The molecule has 0 aromatic heterocycles. The monoisotopic (exact) mass is 253 g/mol. The van der Waals surface area contributed by atoms with E-state index >= 15 is 0 Å². The van der Waals surface area contributed by atoms with Gasteiger partial charge in [-0.3, -0.25) is 9.69 Å². The molecule has 2 fully saturated rings. The van der Waals surface area contributed by atoms with E-state index < -0.39 is 0 Å². The summed E-state index contributed by atoms with van der Waals surface area (Å²) >= 11 is 0. The van der Waals surface area contributed by atoms with Crippen LogP contribution >= 0.6 is 0 Å². The molecule has 2 aliphatic rings. The van der Waals surface area contributed by atoms with Crippen molar-refractivity contribution in [3.8, 4) is 0 Å². The summed E-state index contributed by atoms with van der Waals surface area (Å²) in [7, 11) is 0. The molecule has 0 unspecified atom stereocenters. The SMILES string of the molecule is O=C(NCCN1CCNCC1)C1CCCCCC1. The average molecular weight is 253 g/mol. The molecule has 1 aliphatic carbocycles. The summed E-state index contributed by atoms with van der Waals surface area (Å²) in [5, 5.41) is 6.47. The Kier molecular flexibility index (Phi) is 5.94. The van der Waals surface area contributed by atoms with E-state index in [-0.39, 0.29) is 5.92 Å². The van der Waals surface area contributed by atoms with E-state index in [1.807, 2.05) is 0 Å². The molecular formula is C14H27N3O. The van der Waals surface area contributed by atoms with Crippen molar-refractivity contribution in [1.82, 2.24) is 15.5 Å². The highest BCUT2D eigenvalue weighted by molar-refractivity contribution is 5.78. The predicted octanol–water partition coefficient (Wildman–Crippen LogP) is 0.978. The lowest BCUT2D eigenvalue weighted by Gasteiger charge is -2.27.